The van der Waals surface area contributed by atoms with Gasteiger partial charge in [0.05, 0.1) is 17.2 Å². The number of rotatable bonds is 5. The van der Waals surface area contributed by atoms with Gasteiger partial charge >= 0.3 is 0 Å². The first kappa shape index (κ1) is 18.0. The maximum absolute atomic E-state index is 12.2. The van der Waals surface area contributed by atoms with Crippen molar-refractivity contribution < 1.29 is 9.53 Å². The molecule has 2 aromatic carbocycles. The summed E-state index contributed by atoms with van der Waals surface area (Å²) in [7, 11) is 0. The molecule has 5 heteroatoms. The third kappa shape index (κ3) is 4.86. The Kier molecular flexibility index (Phi) is 5.92. The van der Waals surface area contributed by atoms with Gasteiger partial charge in [0, 0.05) is 0 Å². The number of amides is 1. The number of nitrogens with one attached hydrogen (secondary N) is 1. The van der Waals surface area contributed by atoms with Crippen LogP contribution in [0, 0.1) is 0 Å². The van der Waals surface area contributed by atoms with E-state index < -0.39 is 0 Å². The van der Waals surface area contributed by atoms with Gasteiger partial charge in [0.15, 0.2) is 5.17 Å². The minimum atomic E-state index is -0.125. The highest BCUT2D eigenvalue weighted by Gasteiger charge is 2.23. The molecule has 0 unspecified atom stereocenters. The summed E-state index contributed by atoms with van der Waals surface area (Å²) in [6.07, 6.45) is 3.93. The van der Waals surface area contributed by atoms with Crippen LogP contribution in [0.3, 0.4) is 0 Å². The van der Waals surface area contributed by atoms with E-state index in [4.69, 9.17) is 4.74 Å². The number of amidine groups is 1. The molecule has 0 radical (unpaired) electrons. The number of hydrogen-bond acceptors (Lipinski definition) is 4. The van der Waals surface area contributed by atoms with Crippen molar-refractivity contribution in [1.29, 1.82) is 0 Å². The van der Waals surface area contributed by atoms with Gasteiger partial charge in [-0.3, -0.25) is 4.79 Å². The number of ether oxygens (including phenoxy) is 1. The van der Waals surface area contributed by atoms with Gasteiger partial charge in [-0.15, -0.1) is 0 Å². The SMILES string of the molecule is CCOc1ccc(N=C2NC(=O)C(=CC(C)=Cc3ccccc3)S2)cc1. The van der Waals surface area contributed by atoms with Crippen LogP contribution in [0.5, 0.6) is 5.75 Å². The summed E-state index contributed by atoms with van der Waals surface area (Å²) >= 11 is 1.35. The van der Waals surface area contributed by atoms with E-state index in [1.807, 2.05) is 80.6 Å². The molecule has 1 amide bonds. The van der Waals surface area contributed by atoms with Crippen LogP contribution in [-0.2, 0) is 4.79 Å². The van der Waals surface area contributed by atoms with Crippen LogP contribution in [-0.4, -0.2) is 17.7 Å². The fourth-order valence-electron chi connectivity index (χ4n) is 2.44. The van der Waals surface area contributed by atoms with E-state index in [2.05, 4.69) is 10.3 Å². The normalized spacial score (nSPS) is 17.6. The maximum atomic E-state index is 12.2. The Morgan fingerprint density at radius 3 is 2.58 bits per heavy atom. The first-order valence-corrected chi connectivity index (χ1v) is 9.21. The highest BCUT2D eigenvalue weighted by molar-refractivity contribution is 8.18. The second kappa shape index (κ2) is 8.54. The van der Waals surface area contributed by atoms with Crippen molar-refractivity contribution in [2.24, 2.45) is 4.99 Å². The summed E-state index contributed by atoms with van der Waals surface area (Å²) in [6, 6.07) is 17.5. The van der Waals surface area contributed by atoms with Crippen LogP contribution in [0.15, 0.2) is 76.1 Å². The van der Waals surface area contributed by atoms with Crippen LogP contribution in [0.1, 0.15) is 19.4 Å². The van der Waals surface area contributed by atoms with Gasteiger partial charge in [-0.25, -0.2) is 4.99 Å². The third-order valence-electron chi connectivity index (χ3n) is 3.58. The zero-order valence-electron chi connectivity index (χ0n) is 14.7. The first-order valence-electron chi connectivity index (χ1n) is 8.40. The number of nitrogens with zero attached hydrogens (tertiary/aromatic N) is 1. The van der Waals surface area contributed by atoms with Gasteiger partial charge in [0.25, 0.3) is 5.91 Å². The number of aliphatic imine (C=N–C) groups is 1. The molecule has 0 aromatic heterocycles. The zero-order chi connectivity index (χ0) is 18.4. The van der Waals surface area contributed by atoms with Crippen molar-refractivity contribution in [2.45, 2.75) is 13.8 Å². The Balaban J connectivity index is 1.72. The van der Waals surface area contributed by atoms with Gasteiger partial charge in [-0.05, 0) is 67.1 Å². The standard InChI is InChI=1S/C21H20N2O2S/c1-3-25-18-11-9-17(10-12-18)22-21-23-20(24)19(26-21)14-15(2)13-16-7-5-4-6-8-16/h4-14H,3H2,1-2H3,(H,22,23,24). The molecule has 1 N–H and O–H groups in total. The van der Waals surface area contributed by atoms with Crippen LogP contribution in [0.4, 0.5) is 5.69 Å². The summed E-state index contributed by atoms with van der Waals surface area (Å²) in [5.74, 6) is 0.683. The Morgan fingerprint density at radius 1 is 1.15 bits per heavy atom. The zero-order valence-corrected chi connectivity index (χ0v) is 15.5. The molecule has 0 saturated carbocycles. The molecule has 4 nitrogen and oxygen atoms in total. The van der Waals surface area contributed by atoms with Gasteiger partial charge in [0.1, 0.15) is 5.75 Å². The summed E-state index contributed by atoms with van der Waals surface area (Å²) in [5.41, 5.74) is 2.89. The smallest absolute Gasteiger partial charge is 0.264 e. The molecule has 3 rings (SSSR count). The molecule has 0 spiro atoms. The van der Waals surface area contributed by atoms with Crippen molar-refractivity contribution in [3.63, 3.8) is 0 Å². The van der Waals surface area contributed by atoms with Crippen molar-refractivity contribution >= 4 is 34.6 Å². The molecule has 1 aliphatic rings. The lowest BCUT2D eigenvalue weighted by molar-refractivity contribution is -0.115. The lowest BCUT2D eigenvalue weighted by Crippen LogP contribution is -2.19. The molecule has 2 aromatic rings. The molecular formula is C21H20N2O2S. The molecule has 132 valence electrons. The monoisotopic (exact) mass is 364 g/mol. The predicted molar refractivity (Wildman–Crippen MR) is 109 cm³/mol. The summed E-state index contributed by atoms with van der Waals surface area (Å²) in [4.78, 5) is 17.3. The average molecular weight is 364 g/mol. The largest absolute Gasteiger partial charge is 0.494 e. The molecular weight excluding hydrogens is 344 g/mol. The fraction of sp³-hybridized carbons (Fsp3) is 0.143. The molecule has 1 saturated heterocycles. The highest BCUT2D eigenvalue weighted by atomic mass is 32.2. The van der Waals surface area contributed by atoms with E-state index in [9.17, 15) is 4.79 Å². The van der Waals surface area contributed by atoms with E-state index in [1.54, 1.807) is 0 Å². The van der Waals surface area contributed by atoms with Gasteiger partial charge in [0.2, 0.25) is 0 Å². The van der Waals surface area contributed by atoms with Crippen molar-refractivity contribution in [3.05, 3.63) is 76.7 Å². The summed E-state index contributed by atoms with van der Waals surface area (Å²) in [5, 5.41) is 3.39. The maximum Gasteiger partial charge on any atom is 0.264 e. The van der Waals surface area contributed by atoms with E-state index in [0.717, 1.165) is 22.6 Å². The minimum absolute atomic E-state index is 0.125. The predicted octanol–water partition coefficient (Wildman–Crippen LogP) is 4.92. The van der Waals surface area contributed by atoms with Gasteiger partial charge in [-0.1, -0.05) is 36.4 Å². The highest BCUT2D eigenvalue weighted by Crippen LogP contribution is 2.28. The fourth-order valence-corrected chi connectivity index (χ4v) is 3.33. The minimum Gasteiger partial charge on any atom is -0.494 e. The van der Waals surface area contributed by atoms with Gasteiger partial charge < -0.3 is 10.1 Å². The average Bonchev–Trinajstić information content (AvgIpc) is 2.96. The van der Waals surface area contributed by atoms with E-state index in [-0.39, 0.29) is 5.91 Å². The first-order chi connectivity index (χ1) is 12.6. The Hall–Kier alpha value is -2.79. The number of thioether (sulfide) groups is 1. The van der Waals surface area contributed by atoms with Gasteiger partial charge in [-0.2, -0.15) is 0 Å². The Morgan fingerprint density at radius 2 is 1.88 bits per heavy atom. The topological polar surface area (TPSA) is 50.7 Å². The number of benzene rings is 2. The summed E-state index contributed by atoms with van der Waals surface area (Å²) < 4.78 is 5.42. The second-order valence-electron chi connectivity index (χ2n) is 5.71. The molecule has 0 atom stereocenters. The summed E-state index contributed by atoms with van der Waals surface area (Å²) in [6.45, 7) is 4.56. The van der Waals surface area contributed by atoms with E-state index >= 15 is 0 Å². The number of carbonyl (C=O) groups is 1. The Labute approximate surface area is 157 Å². The lowest BCUT2D eigenvalue weighted by Gasteiger charge is -2.02. The lowest BCUT2D eigenvalue weighted by atomic mass is 10.1. The van der Waals surface area contributed by atoms with Crippen LogP contribution < -0.4 is 10.1 Å². The quantitative estimate of drug-likeness (QED) is 0.766. The second-order valence-corrected chi connectivity index (χ2v) is 6.74. The van der Waals surface area contributed by atoms with Crippen molar-refractivity contribution in [2.75, 3.05) is 6.61 Å². The van der Waals surface area contributed by atoms with Crippen molar-refractivity contribution in [1.82, 2.24) is 5.32 Å². The number of hydrogen-bond donors (Lipinski definition) is 1. The van der Waals surface area contributed by atoms with E-state index in [1.165, 1.54) is 11.8 Å². The van der Waals surface area contributed by atoms with Crippen LogP contribution >= 0.6 is 11.8 Å². The van der Waals surface area contributed by atoms with Crippen LogP contribution in [0.25, 0.3) is 6.08 Å². The number of carbonyl (C=O) groups excluding carboxylic acids is 1. The number of allylic oxidation sites excluding steroid dienone is 2. The molecule has 0 aliphatic carbocycles. The molecule has 1 aliphatic heterocycles. The molecule has 1 fully saturated rings. The van der Waals surface area contributed by atoms with E-state index in [0.29, 0.717) is 16.7 Å². The molecule has 26 heavy (non-hydrogen) atoms. The van der Waals surface area contributed by atoms with Crippen LogP contribution in [0.2, 0.25) is 0 Å². The third-order valence-corrected chi connectivity index (χ3v) is 4.49. The van der Waals surface area contributed by atoms with Crippen molar-refractivity contribution in [3.8, 4) is 5.75 Å². The molecule has 0 bridgehead atoms. The molecule has 1 heterocycles. The Bertz CT molecular complexity index is 869.